The van der Waals surface area contributed by atoms with Crippen LogP contribution in [0.5, 0.6) is 5.75 Å². The van der Waals surface area contributed by atoms with Gasteiger partial charge in [-0.15, -0.1) is 0 Å². The van der Waals surface area contributed by atoms with Crippen LogP contribution < -0.4 is 0 Å². The van der Waals surface area contributed by atoms with Crippen LogP contribution in [0.3, 0.4) is 0 Å². The van der Waals surface area contributed by atoms with E-state index >= 15 is 0 Å². The molecule has 1 N–H and O–H groups in total. The molecule has 0 unspecified atom stereocenters. The van der Waals surface area contributed by atoms with E-state index in [0.29, 0.717) is 43.2 Å². The molecular formula is C19H19ClN2O3. The highest BCUT2D eigenvalue weighted by molar-refractivity contribution is 6.30. The Morgan fingerprint density at radius 1 is 0.880 bits per heavy atom. The molecule has 2 amide bonds. The molecule has 25 heavy (non-hydrogen) atoms. The van der Waals surface area contributed by atoms with Gasteiger partial charge in [0.05, 0.1) is 5.56 Å². The fourth-order valence-corrected chi connectivity index (χ4v) is 3.14. The van der Waals surface area contributed by atoms with Gasteiger partial charge in [0.25, 0.3) is 11.8 Å². The average molecular weight is 359 g/mol. The number of benzene rings is 2. The van der Waals surface area contributed by atoms with Crippen LogP contribution in [-0.4, -0.2) is 52.9 Å². The zero-order valence-corrected chi connectivity index (χ0v) is 14.4. The van der Waals surface area contributed by atoms with Crippen LogP contribution in [0.1, 0.15) is 27.1 Å². The molecule has 0 atom stereocenters. The van der Waals surface area contributed by atoms with Crippen molar-refractivity contribution in [3.63, 3.8) is 0 Å². The van der Waals surface area contributed by atoms with Gasteiger partial charge in [0.2, 0.25) is 0 Å². The third-order valence-corrected chi connectivity index (χ3v) is 4.51. The average Bonchev–Trinajstić information content (AvgIpc) is 2.87. The van der Waals surface area contributed by atoms with E-state index in [9.17, 15) is 14.7 Å². The number of phenols is 1. The highest BCUT2D eigenvalue weighted by atomic mass is 35.5. The summed E-state index contributed by atoms with van der Waals surface area (Å²) in [6.45, 7) is 2.01. The van der Waals surface area contributed by atoms with Gasteiger partial charge in [-0.2, -0.15) is 0 Å². The first-order valence-electron chi connectivity index (χ1n) is 8.18. The molecule has 1 aliphatic heterocycles. The summed E-state index contributed by atoms with van der Waals surface area (Å²) >= 11 is 5.96. The highest BCUT2D eigenvalue weighted by Gasteiger charge is 2.24. The molecule has 130 valence electrons. The molecule has 0 bridgehead atoms. The molecular weight excluding hydrogens is 340 g/mol. The third kappa shape index (κ3) is 3.94. The number of hydrogen-bond acceptors (Lipinski definition) is 3. The van der Waals surface area contributed by atoms with Gasteiger partial charge in [-0.3, -0.25) is 9.59 Å². The summed E-state index contributed by atoms with van der Waals surface area (Å²) in [5.41, 5.74) is 0.838. The second-order valence-electron chi connectivity index (χ2n) is 5.97. The smallest absolute Gasteiger partial charge is 0.257 e. The van der Waals surface area contributed by atoms with Crippen LogP contribution in [0, 0.1) is 0 Å². The van der Waals surface area contributed by atoms with Crippen molar-refractivity contribution in [2.45, 2.75) is 6.42 Å². The number of phenolic OH excluding ortho intramolecular Hbond substituents is 1. The fraction of sp³-hybridized carbons (Fsp3) is 0.263. The van der Waals surface area contributed by atoms with Gasteiger partial charge in [-0.05, 0) is 36.8 Å². The number of para-hydroxylation sites is 1. The van der Waals surface area contributed by atoms with Gasteiger partial charge >= 0.3 is 0 Å². The fourth-order valence-electron chi connectivity index (χ4n) is 2.95. The summed E-state index contributed by atoms with van der Waals surface area (Å²) in [6, 6.07) is 13.4. The monoisotopic (exact) mass is 358 g/mol. The van der Waals surface area contributed by atoms with E-state index in [0.717, 1.165) is 0 Å². The quantitative estimate of drug-likeness (QED) is 0.897. The predicted octanol–water partition coefficient (Wildman–Crippen LogP) is 3.03. The molecule has 0 radical (unpaired) electrons. The van der Waals surface area contributed by atoms with Crippen molar-refractivity contribution < 1.29 is 14.7 Å². The first kappa shape index (κ1) is 17.3. The summed E-state index contributed by atoms with van der Waals surface area (Å²) in [5.74, 6) is -0.321. The molecule has 1 saturated heterocycles. The Labute approximate surface area is 151 Å². The Morgan fingerprint density at radius 2 is 1.56 bits per heavy atom. The van der Waals surface area contributed by atoms with Gasteiger partial charge in [-0.1, -0.05) is 29.8 Å². The lowest BCUT2D eigenvalue weighted by molar-refractivity contribution is 0.0717. The molecule has 0 spiro atoms. The first-order chi connectivity index (χ1) is 12.1. The Morgan fingerprint density at radius 3 is 2.24 bits per heavy atom. The maximum atomic E-state index is 12.6. The Bertz CT molecular complexity index is 794. The van der Waals surface area contributed by atoms with E-state index in [1.54, 1.807) is 52.3 Å². The number of amides is 2. The van der Waals surface area contributed by atoms with Crippen molar-refractivity contribution in [1.29, 1.82) is 0 Å². The highest BCUT2D eigenvalue weighted by Crippen LogP contribution is 2.19. The zero-order chi connectivity index (χ0) is 17.8. The Balaban J connectivity index is 1.69. The van der Waals surface area contributed by atoms with E-state index < -0.39 is 0 Å². The molecule has 1 aliphatic rings. The largest absolute Gasteiger partial charge is 0.507 e. The SMILES string of the molecule is O=C(c1cccc(Cl)c1)N1CCCN(C(=O)c2ccccc2O)CC1. The topological polar surface area (TPSA) is 60.9 Å². The van der Waals surface area contributed by atoms with Crippen LogP contribution in [0.15, 0.2) is 48.5 Å². The molecule has 1 fully saturated rings. The van der Waals surface area contributed by atoms with Gasteiger partial charge in [0, 0.05) is 36.8 Å². The molecule has 2 aromatic rings. The number of halogens is 1. The van der Waals surface area contributed by atoms with Crippen molar-refractivity contribution in [1.82, 2.24) is 9.80 Å². The van der Waals surface area contributed by atoms with E-state index in [2.05, 4.69) is 0 Å². The minimum absolute atomic E-state index is 0.0244. The minimum Gasteiger partial charge on any atom is -0.507 e. The lowest BCUT2D eigenvalue weighted by Crippen LogP contribution is -2.37. The van der Waals surface area contributed by atoms with Crippen LogP contribution in [0.25, 0.3) is 0 Å². The number of carbonyl (C=O) groups is 2. The number of nitrogens with zero attached hydrogens (tertiary/aromatic N) is 2. The molecule has 0 saturated carbocycles. The van der Waals surface area contributed by atoms with E-state index in [1.807, 2.05) is 0 Å². The van der Waals surface area contributed by atoms with Crippen molar-refractivity contribution in [2.24, 2.45) is 0 Å². The molecule has 3 rings (SSSR count). The summed E-state index contributed by atoms with van der Waals surface area (Å²) in [4.78, 5) is 28.7. The zero-order valence-electron chi connectivity index (χ0n) is 13.7. The lowest BCUT2D eigenvalue weighted by atomic mass is 10.1. The minimum atomic E-state index is -0.213. The Kier molecular flexibility index (Phi) is 5.24. The maximum Gasteiger partial charge on any atom is 0.257 e. The first-order valence-corrected chi connectivity index (χ1v) is 8.56. The van der Waals surface area contributed by atoms with Crippen molar-refractivity contribution in [2.75, 3.05) is 26.2 Å². The standard InChI is InChI=1S/C19H19ClN2O3/c20-15-6-3-5-14(13-15)18(24)21-9-4-10-22(12-11-21)19(25)16-7-1-2-8-17(16)23/h1-3,5-8,13,23H,4,9-12H2. The number of aromatic hydroxyl groups is 1. The third-order valence-electron chi connectivity index (χ3n) is 4.28. The van der Waals surface area contributed by atoms with E-state index in [1.165, 1.54) is 6.07 Å². The van der Waals surface area contributed by atoms with Gasteiger partial charge < -0.3 is 14.9 Å². The molecule has 0 aromatic heterocycles. The van der Waals surface area contributed by atoms with Crippen molar-refractivity contribution in [3.05, 3.63) is 64.7 Å². The normalized spacial score (nSPS) is 14.9. The number of carbonyl (C=O) groups excluding carboxylic acids is 2. The van der Waals surface area contributed by atoms with Gasteiger partial charge in [-0.25, -0.2) is 0 Å². The van der Waals surface area contributed by atoms with E-state index in [-0.39, 0.29) is 23.1 Å². The van der Waals surface area contributed by atoms with Gasteiger partial charge in [0.1, 0.15) is 5.75 Å². The lowest BCUT2D eigenvalue weighted by Gasteiger charge is -2.22. The number of hydrogen-bond donors (Lipinski definition) is 1. The predicted molar refractivity (Wildman–Crippen MR) is 96.0 cm³/mol. The van der Waals surface area contributed by atoms with Crippen LogP contribution in [0.2, 0.25) is 5.02 Å². The number of rotatable bonds is 2. The molecule has 0 aliphatic carbocycles. The molecule has 1 heterocycles. The summed E-state index contributed by atoms with van der Waals surface area (Å²) in [7, 11) is 0. The summed E-state index contributed by atoms with van der Waals surface area (Å²) in [6.07, 6.45) is 0.686. The molecule has 6 heteroatoms. The van der Waals surface area contributed by atoms with Crippen LogP contribution >= 0.6 is 11.6 Å². The van der Waals surface area contributed by atoms with E-state index in [4.69, 9.17) is 11.6 Å². The molecule has 2 aromatic carbocycles. The second-order valence-corrected chi connectivity index (χ2v) is 6.40. The molecule has 5 nitrogen and oxygen atoms in total. The summed E-state index contributed by atoms with van der Waals surface area (Å²) in [5, 5.41) is 10.4. The summed E-state index contributed by atoms with van der Waals surface area (Å²) < 4.78 is 0. The van der Waals surface area contributed by atoms with Crippen molar-refractivity contribution >= 4 is 23.4 Å². The second kappa shape index (κ2) is 7.57. The van der Waals surface area contributed by atoms with Gasteiger partial charge in [0.15, 0.2) is 0 Å². The Hall–Kier alpha value is -2.53. The van der Waals surface area contributed by atoms with Crippen molar-refractivity contribution in [3.8, 4) is 5.75 Å². The maximum absolute atomic E-state index is 12.6. The van der Waals surface area contributed by atoms with Crippen LogP contribution in [-0.2, 0) is 0 Å². The van der Waals surface area contributed by atoms with Crippen LogP contribution in [0.4, 0.5) is 0 Å².